The number of aromatic nitrogens is 2. The molecule has 1 unspecified atom stereocenters. The maximum Gasteiger partial charge on any atom is 0.227 e. The third-order valence-electron chi connectivity index (χ3n) is 4.17. The van der Waals surface area contributed by atoms with Crippen LogP contribution in [-0.2, 0) is 9.59 Å². The summed E-state index contributed by atoms with van der Waals surface area (Å²) in [5, 5.41) is 12.4. The first-order chi connectivity index (χ1) is 12.2. The molecular weight excluding hydrogens is 348 g/mol. The van der Waals surface area contributed by atoms with E-state index in [2.05, 4.69) is 15.5 Å². The molecule has 2 heterocycles. The number of amides is 2. The summed E-state index contributed by atoms with van der Waals surface area (Å²) in [6, 6.07) is 7.93. The van der Waals surface area contributed by atoms with Crippen LogP contribution in [0.2, 0.25) is 0 Å². The van der Waals surface area contributed by atoms with E-state index in [-0.39, 0.29) is 23.1 Å². The van der Waals surface area contributed by atoms with Crippen LogP contribution in [-0.4, -0.2) is 28.6 Å². The average molecular weight is 372 g/mol. The van der Waals surface area contributed by atoms with E-state index in [0.717, 1.165) is 16.3 Å². The van der Waals surface area contributed by atoms with Gasteiger partial charge in [0.15, 0.2) is 0 Å². The molecule has 0 saturated carbocycles. The van der Waals surface area contributed by atoms with Gasteiger partial charge in [-0.1, -0.05) is 44.2 Å². The van der Waals surface area contributed by atoms with Crippen molar-refractivity contribution in [1.29, 1.82) is 0 Å². The van der Waals surface area contributed by atoms with Crippen molar-refractivity contribution in [3.8, 4) is 0 Å². The van der Waals surface area contributed by atoms with Crippen molar-refractivity contribution in [2.45, 2.75) is 46.5 Å². The van der Waals surface area contributed by atoms with Gasteiger partial charge < -0.3 is 10.2 Å². The Balaban J connectivity index is 1.67. The Morgan fingerprint density at radius 2 is 2.12 bits per heavy atom. The van der Waals surface area contributed by atoms with Crippen molar-refractivity contribution in [2.75, 3.05) is 16.8 Å². The number of benzene rings is 1. The van der Waals surface area contributed by atoms with Crippen LogP contribution < -0.4 is 10.2 Å². The van der Waals surface area contributed by atoms with Gasteiger partial charge in [-0.05, 0) is 30.0 Å². The van der Waals surface area contributed by atoms with Gasteiger partial charge in [0.05, 0.1) is 0 Å². The van der Waals surface area contributed by atoms with Gasteiger partial charge in [0.1, 0.15) is 5.01 Å². The van der Waals surface area contributed by atoms with Gasteiger partial charge in [-0.3, -0.25) is 9.59 Å². The van der Waals surface area contributed by atoms with Crippen molar-refractivity contribution in [2.24, 2.45) is 5.41 Å². The van der Waals surface area contributed by atoms with Crippen LogP contribution in [0.4, 0.5) is 10.8 Å². The number of nitrogens with one attached hydrogen (secondary N) is 1. The molecular formula is C19H24N4O2S. The quantitative estimate of drug-likeness (QED) is 0.887. The number of anilines is 2. The zero-order valence-electron chi connectivity index (χ0n) is 15.6. The standard InChI is InChI=1S/C19H24N4O2S/c1-12-6-5-7-14(8-12)23-11-13(9-16(23)25)17-21-22-18(26-17)20-15(24)10-19(2,3)4/h5-8,13H,9-11H2,1-4H3,(H,20,22,24). The molecule has 1 aliphatic heterocycles. The van der Waals surface area contributed by atoms with E-state index in [9.17, 15) is 9.59 Å². The predicted octanol–water partition coefficient (Wildman–Crippen LogP) is 3.74. The van der Waals surface area contributed by atoms with E-state index in [1.54, 1.807) is 4.90 Å². The molecule has 1 fully saturated rings. The third-order valence-corrected chi connectivity index (χ3v) is 5.17. The SMILES string of the molecule is Cc1cccc(N2CC(c3nnc(NC(=O)CC(C)(C)C)s3)CC2=O)c1. The van der Waals surface area contributed by atoms with Crippen LogP contribution >= 0.6 is 11.3 Å². The summed E-state index contributed by atoms with van der Waals surface area (Å²) in [6.45, 7) is 8.65. The molecule has 138 valence electrons. The Hall–Kier alpha value is -2.28. The van der Waals surface area contributed by atoms with Crippen molar-refractivity contribution >= 4 is 34.0 Å². The first-order valence-electron chi connectivity index (χ1n) is 8.71. The first kappa shape index (κ1) is 18.5. The normalized spacial score (nSPS) is 17.6. The van der Waals surface area contributed by atoms with E-state index in [1.807, 2.05) is 52.0 Å². The molecule has 1 aromatic heterocycles. The lowest BCUT2D eigenvalue weighted by molar-refractivity contribution is -0.118. The van der Waals surface area contributed by atoms with Gasteiger partial charge in [0.2, 0.25) is 16.9 Å². The van der Waals surface area contributed by atoms with Crippen molar-refractivity contribution in [3.63, 3.8) is 0 Å². The van der Waals surface area contributed by atoms with Crippen molar-refractivity contribution in [1.82, 2.24) is 10.2 Å². The fourth-order valence-corrected chi connectivity index (χ4v) is 3.86. The van der Waals surface area contributed by atoms with Gasteiger partial charge in [0.25, 0.3) is 0 Å². The second-order valence-corrected chi connectivity index (χ2v) is 8.98. The van der Waals surface area contributed by atoms with Gasteiger partial charge in [-0.2, -0.15) is 0 Å². The number of carbonyl (C=O) groups is 2. The molecule has 0 radical (unpaired) electrons. The monoisotopic (exact) mass is 372 g/mol. The Morgan fingerprint density at radius 1 is 1.35 bits per heavy atom. The van der Waals surface area contributed by atoms with E-state index in [4.69, 9.17) is 0 Å². The molecule has 7 heteroatoms. The number of hydrogen-bond acceptors (Lipinski definition) is 5. The molecule has 3 rings (SSSR count). The average Bonchev–Trinajstić information content (AvgIpc) is 3.12. The Bertz CT molecular complexity index is 825. The fourth-order valence-electron chi connectivity index (χ4n) is 3.01. The maximum absolute atomic E-state index is 12.4. The third kappa shape index (κ3) is 4.46. The minimum absolute atomic E-state index is 0.00813. The number of aryl methyl sites for hydroxylation is 1. The Kier molecular flexibility index (Phi) is 5.09. The predicted molar refractivity (Wildman–Crippen MR) is 104 cm³/mol. The van der Waals surface area contributed by atoms with Gasteiger partial charge in [0, 0.05) is 31.0 Å². The lowest BCUT2D eigenvalue weighted by Crippen LogP contribution is -2.24. The number of carbonyl (C=O) groups excluding carboxylic acids is 2. The van der Waals surface area contributed by atoms with Crippen LogP contribution in [0.25, 0.3) is 0 Å². The molecule has 0 aliphatic carbocycles. The topological polar surface area (TPSA) is 75.2 Å². The first-order valence-corrected chi connectivity index (χ1v) is 9.53. The Labute approximate surface area is 157 Å². The van der Waals surface area contributed by atoms with Crippen LogP contribution in [0.3, 0.4) is 0 Å². The van der Waals surface area contributed by atoms with Crippen LogP contribution in [0.1, 0.15) is 50.1 Å². The highest BCUT2D eigenvalue weighted by molar-refractivity contribution is 7.15. The molecule has 0 bridgehead atoms. The zero-order chi connectivity index (χ0) is 18.9. The smallest absolute Gasteiger partial charge is 0.227 e. The molecule has 1 atom stereocenters. The Morgan fingerprint density at radius 3 is 2.81 bits per heavy atom. The second-order valence-electron chi connectivity index (χ2n) is 7.98. The molecule has 2 aromatic rings. The minimum atomic E-state index is -0.0796. The summed E-state index contributed by atoms with van der Waals surface area (Å²) >= 11 is 1.35. The molecule has 2 amide bonds. The molecule has 26 heavy (non-hydrogen) atoms. The number of rotatable bonds is 4. The second kappa shape index (κ2) is 7.15. The molecule has 1 aliphatic rings. The minimum Gasteiger partial charge on any atom is -0.312 e. The highest BCUT2D eigenvalue weighted by Gasteiger charge is 2.34. The summed E-state index contributed by atoms with van der Waals surface area (Å²) in [7, 11) is 0. The highest BCUT2D eigenvalue weighted by Crippen LogP contribution is 2.34. The zero-order valence-corrected chi connectivity index (χ0v) is 16.4. The van der Waals surface area contributed by atoms with E-state index in [1.165, 1.54) is 11.3 Å². The molecule has 1 N–H and O–H groups in total. The number of hydrogen-bond donors (Lipinski definition) is 1. The highest BCUT2D eigenvalue weighted by atomic mass is 32.1. The summed E-state index contributed by atoms with van der Waals surface area (Å²) in [5.41, 5.74) is 1.96. The summed E-state index contributed by atoms with van der Waals surface area (Å²) in [6.07, 6.45) is 0.837. The molecule has 1 saturated heterocycles. The van der Waals surface area contributed by atoms with E-state index in [0.29, 0.717) is 24.5 Å². The number of nitrogens with zero attached hydrogens (tertiary/aromatic N) is 3. The van der Waals surface area contributed by atoms with Gasteiger partial charge in [-0.15, -0.1) is 10.2 Å². The van der Waals surface area contributed by atoms with E-state index >= 15 is 0 Å². The van der Waals surface area contributed by atoms with E-state index < -0.39 is 0 Å². The van der Waals surface area contributed by atoms with Gasteiger partial charge >= 0.3 is 0 Å². The van der Waals surface area contributed by atoms with Crippen LogP contribution in [0.5, 0.6) is 0 Å². The fraction of sp³-hybridized carbons (Fsp3) is 0.474. The molecule has 1 aromatic carbocycles. The van der Waals surface area contributed by atoms with Crippen LogP contribution in [0, 0.1) is 12.3 Å². The van der Waals surface area contributed by atoms with Crippen molar-refractivity contribution < 1.29 is 9.59 Å². The largest absolute Gasteiger partial charge is 0.312 e. The lowest BCUT2D eigenvalue weighted by atomic mass is 9.92. The summed E-state index contributed by atoms with van der Waals surface area (Å²) in [4.78, 5) is 26.3. The maximum atomic E-state index is 12.4. The molecule has 0 spiro atoms. The summed E-state index contributed by atoms with van der Waals surface area (Å²) < 4.78 is 0. The van der Waals surface area contributed by atoms with Gasteiger partial charge in [-0.25, -0.2) is 0 Å². The molecule has 6 nitrogen and oxygen atoms in total. The van der Waals surface area contributed by atoms with Crippen molar-refractivity contribution in [3.05, 3.63) is 34.8 Å². The lowest BCUT2D eigenvalue weighted by Gasteiger charge is -2.16. The summed E-state index contributed by atoms with van der Waals surface area (Å²) in [5.74, 6) is 0.0342. The van der Waals surface area contributed by atoms with Crippen LogP contribution in [0.15, 0.2) is 24.3 Å².